The number of unbranched alkanes of at least 4 members (excludes halogenated alkanes) is 19. The summed E-state index contributed by atoms with van der Waals surface area (Å²) >= 11 is 0. The Bertz CT molecular complexity index is 610. The normalized spacial score (nSPS) is 9.74. The second-order valence-corrected chi connectivity index (χ2v) is 13.6. The molecule has 0 saturated heterocycles. The van der Waals surface area contributed by atoms with Crippen LogP contribution in [0.1, 0.15) is 249 Å². The molecule has 0 rings (SSSR count). The van der Waals surface area contributed by atoms with Gasteiger partial charge >= 0.3 is 23.9 Å². The van der Waals surface area contributed by atoms with E-state index in [2.05, 4.69) is 41.5 Å². The van der Waals surface area contributed by atoms with E-state index in [0.29, 0.717) is 52.1 Å². The van der Waals surface area contributed by atoms with Crippen molar-refractivity contribution < 1.29 is 38.1 Å². The van der Waals surface area contributed by atoms with E-state index in [4.69, 9.17) is 18.9 Å². The Kier molecular flexibility index (Phi) is 68.1. The lowest BCUT2D eigenvalue weighted by Gasteiger charge is -2.00. The van der Waals surface area contributed by atoms with Gasteiger partial charge in [-0.25, -0.2) is 0 Å². The third kappa shape index (κ3) is 71.3. The highest BCUT2D eigenvalue weighted by Crippen LogP contribution is 2.08. The van der Waals surface area contributed by atoms with Crippen LogP contribution in [0.5, 0.6) is 0 Å². The van der Waals surface area contributed by atoms with Crippen molar-refractivity contribution in [2.45, 2.75) is 249 Å². The average molecular weight is 775 g/mol. The molecule has 0 unspecified atom stereocenters. The summed E-state index contributed by atoms with van der Waals surface area (Å²) < 4.78 is 19.2. The number of hydrogen-bond acceptors (Lipinski definition) is 8. The van der Waals surface area contributed by atoms with Crippen LogP contribution in [0.25, 0.3) is 0 Å². The molecule has 8 heteroatoms. The molecule has 0 N–H and O–H groups in total. The Labute approximate surface area is 336 Å². The third-order valence-electron chi connectivity index (χ3n) is 8.12. The molecule has 0 spiro atoms. The molecule has 326 valence electrons. The van der Waals surface area contributed by atoms with Gasteiger partial charge in [0.2, 0.25) is 0 Å². The van der Waals surface area contributed by atoms with E-state index >= 15 is 0 Å². The van der Waals surface area contributed by atoms with Crippen LogP contribution in [0.3, 0.4) is 0 Å². The van der Waals surface area contributed by atoms with Gasteiger partial charge in [-0.05, 0) is 53.4 Å². The molecule has 0 amide bonds. The van der Waals surface area contributed by atoms with Crippen molar-refractivity contribution in [3.63, 3.8) is 0 Å². The van der Waals surface area contributed by atoms with Gasteiger partial charge in [0, 0.05) is 25.7 Å². The van der Waals surface area contributed by atoms with Gasteiger partial charge in [-0.15, -0.1) is 0 Å². The van der Waals surface area contributed by atoms with Crippen molar-refractivity contribution in [1.29, 1.82) is 0 Å². The van der Waals surface area contributed by atoms with Crippen molar-refractivity contribution in [3.8, 4) is 0 Å². The van der Waals surface area contributed by atoms with Crippen LogP contribution in [0, 0.1) is 0 Å². The maximum atomic E-state index is 10.9. The zero-order valence-corrected chi connectivity index (χ0v) is 37.9. The van der Waals surface area contributed by atoms with E-state index in [-0.39, 0.29) is 23.9 Å². The summed E-state index contributed by atoms with van der Waals surface area (Å²) in [6.07, 6.45) is 31.6. The summed E-state index contributed by atoms with van der Waals surface area (Å²) in [5.41, 5.74) is 0. The molecule has 0 bridgehead atoms. The van der Waals surface area contributed by atoms with Crippen molar-refractivity contribution >= 4 is 23.9 Å². The molecule has 0 radical (unpaired) electrons. The monoisotopic (exact) mass is 775 g/mol. The fraction of sp³-hybridized carbons (Fsp3) is 0.913. The van der Waals surface area contributed by atoms with Gasteiger partial charge in [0.05, 0.1) is 26.4 Å². The Morgan fingerprint density at radius 2 is 0.389 bits per heavy atom. The molecule has 54 heavy (non-hydrogen) atoms. The maximum Gasteiger partial charge on any atom is 0.305 e. The molecule has 0 aliphatic carbocycles. The number of ether oxygens (including phenoxy) is 4. The number of carbonyl (C=O) groups is 4. The minimum Gasteiger partial charge on any atom is -0.466 e. The van der Waals surface area contributed by atoms with Crippen LogP contribution < -0.4 is 0 Å². The Morgan fingerprint density at radius 1 is 0.241 bits per heavy atom. The standard InChI is InChI=1S/4C10H20O2.C6H14/c4*1-3-5-6-7-8-9-10(11)12-4-2;1-3-5-6-4-2/h4*3-9H2,1-2H3;3-6H2,1-2H3. The zero-order chi connectivity index (χ0) is 41.8. The quantitative estimate of drug-likeness (QED) is 0.0389. The van der Waals surface area contributed by atoms with Crippen LogP contribution in [0.4, 0.5) is 0 Å². The van der Waals surface area contributed by atoms with Gasteiger partial charge in [-0.1, -0.05) is 170 Å². The summed E-state index contributed by atoms with van der Waals surface area (Å²) in [5.74, 6) is -0.189. The van der Waals surface area contributed by atoms with E-state index in [1.807, 2.05) is 27.7 Å². The molecular weight excluding hydrogens is 680 g/mol. The lowest BCUT2D eigenvalue weighted by Crippen LogP contribution is -2.02. The maximum absolute atomic E-state index is 10.9. The van der Waals surface area contributed by atoms with Gasteiger partial charge < -0.3 is 18.9 Å². The molecule has 0 saturated carbocycles. The minimum absolute atomic E-state index is 0.0472. The van der Waals surface area contributed by atoms with Crippen LogP contribution in [0.2, 0.25) is 0 Å². The van der Waals surface area contributed by atoms with Crippen LogP contribution >= 0.6 is 0 Å². The lowest BCUT2D eigenvalue weighted by atomic mass is 10.1. The molecule has 0 aliphatic rings. The van der Waals surface area contributed by atoms with Gasteiger partial charge in [-0.2, -0.15) is 0 Å². The number of hydrogen-bond donors (Lipinski definition) is 0. The summed E-state index contributed by atoms with van der Waals surface area (Å²) in [6, 6.07) is 0. The highest BCUT2D eigenvalue weighted by Gasteiger charge is 2.02. The number of carbonyl (C=O) groups excluding carboxylic acids is 4. The van der Waals surface area contributed by atoms with Crippen molar-refractivity contribution in [3.05, 3.63) is 0 Å². The molecule has 0 aromatic heterocycles. The van der Waals surface area contributed by atoms with Gasteiger partial charge in [0.15, 0.2) is 0 Å². The van der Waals surface area contributed by atoms with Crippen LogP contribution in [-0.4, -0.2) is 50.3 Å². The van der Waals surface area contributed by atoms with E-state index in [1.54, 1.807) is 0 Å². The van der Waals surface area contributed by atoms with Gasteiger partial charge in [0.25, 0.3) is 0 Å². The highest BCUT2D eigenvalue weighted by atomic mass is 16.5. The summed E-state index contributed by atoms with van der Waals surface area (Å²) in [7, 11) is 0. The van der Waals surface area contributed by atoms with Crippen LogP contribution in [-0.2, 0) is 38.1 Å². The first-order valence-electron chi connectivity index (χ1n) is 22.8. The first-order valence-corrected chi connectivity index (χ1v) is 22.8. The average Bonchev–Trinajstić information content (AvgIpc) is 3.15. The third-order valence-corrected chi connectivity index (χ3v) is 8.12. The zero-order valence-electron chi connectivity index (χ0n) is 37.9. The minimum atomic E-state index is -0.0472. The Balaban J connectivity index is -0.000000188. The second kappa shape index (κ2) is 60.1. The second-order valence-electron chi connectivity index (χ2n) is 13.6. The van der Waals surface area contributed by atoms with E-state index in [0.717, 1.165) is 51.4 Å². The SMILES string of the molecule is CCCCCC.CCCCCCCC(=O)OCC.CCCCCCCC(=O)OCC.CCCCCCCC(=O)OCC.CCCCCCCC(=O)OCC. The fourth-order valence-electron chi connectivity index (χ4n) is 4.92. The molecule has 8 nitrogen and oxygen atoms in total. The van der Waals surface area contributed by atoms with Gasteiger partial charge in [-0.3, -0.25) is 19.2 Å². The molecule has 0 aromatic rings. The number of rotatable bonds is 31. The van der Waals surface area contributed by atoms with Crippen molar-refractivity contribution in [2.24, 2.45) is 0 Å². The van der Waals surface area contributed by atoms with E-state index in [9.17, 15) is 19.2 Å². The lowest BCUT2D eigenvalue weighted by molar-refractivity contribution is -0.144. The van der Waals surface area contributed by atoms with E-state index < -0.39 is 0 Å². The van der Waals surface area contributed by atoms with Crippen molar-refractivity contribution in [2.75, 3.05) is 26.4 Å². The first kappa shape index (κ1) is 61.1. The predicted molar refractivity (Wildman–Crippen MR) is 230 cm³/mol. The highest BCUT2D eigenvalue weighted by molar-refractivity contribution is 5.70. The fourth-order valence-corrected chi connectivity index (χ4v) is 4.92. The molecular formula is C46H94O8. The molecule has 0 aromatic carbocycles. The molecule has 0 aliphatic heterocycles. The van der Waals surface area contributed by atoms with E-state index in [1.165, 1.54) is 103 Å². The summed E-state index contributed by atoms with van der Waals surface area (Å²) in [4.78, 5) is 43.4. The number of esters is 4. The predicted octanol–water partition coefficient (Wildman–Crippen LogP) is 14.2. The molecule has 0 atom stereocenters. The smallest absolute Gasteiger partial charge is 0.305 e. The topological polar surface area (TPSA) is 105 Å². The largest absolute Gasteiger partial charge is 0.466 e. The van der Waals surface area contributed by atoms with Gasteiger partial charge in [0.1, 0.15) is 0 Å². The van der Waals surface area contributed by atoms with Crippen molar-refractivity contribution in [1.82, 2.24) is 0 Å². The Hall–Kier alpha value is -2.12. The van der Waals surface area contributed by atoms with Crippen LogP contribution in [0.15, 0.2) is 0 Å². The summed E-state index contributed by atoms with van der Waals surface area (Å²) in [6.45, 7) is 22.6. The molecule has 0 heterocycles. The Morgan fingerprint density at radius 3 is 0.537 bits per heavy atom. The molecule has 0 fully saturated rings. The summed E-state index contributed by atoms with van der Waals surface area (Å²) in [5, 5.41) is 0. The first-order chi connectivity index (χ1) is 26.1.